The predicted molar refractivity (Wildman–Crippen MR) is 108 cm³/mol. The van der Waals surface area contributed by atoms with Crippen LogP contribution in [0.3, 0.4) is 0 Å². The lowest BCUT2D eigenvalue weighted by Gasteiger charge is -2.32. The Morgan fingerprint density at radius 1 is 1.25 bits per heavy atom. The lowest BCUT2D eigenvalue weighted by Crippen LogP contribution is -2.44. The molecule has 2 aliphatic heterocycles. The Bertz CT molecular complexity index is 1060. The summed E-state index contributed by atoms with van der Waals surface area (Å²) in [5, 5.41) is 6.83. The second kappa shape index (κ2) is 6.49. The highest BCUT2D eigenvalue weighted by Crippen LogP contribution is 2.36. The van der Waals surface area contributed by atoms with Crippen molar-refractivity contribution in [3.63, 3.8) is 0 Å². The van der Waals surface area contributed by atoms with Gasteiger partial charge >= 0.3 is 0 Å². The van der Waals surface area contributed by atoms with Crippen LogP contribution in [-0.4, -0.2) is 40.0 Å². The van der Waals surface area contributed by atoms with Crippen molar-refractivity contribution in [1.82, 2.24) is 14.9 Å². The second-order valence-electron chi connectivity index (χ2n) is 7.08. The van der Waals surface area contributed by atoms with Crippen molar-refractivity contribution in [3.8, 4) is 5.13 Å². The van der Waals surface area contributed by atoms with Crippen LogP contribution >= 0.6 is 11.3 Å². The minimum atomic E-state index is -0.252. The highest BCUT2D eigenvalue weighted by Gasteiger charge is 2.41. The zero-order valence-corrected chi connectivity index (χ0v) is 16.1. The fraction of sp³-hybridized carbons (Fsp3) is 0.250. The molecule has 1 fully saturated rings. The standard InChI is InChI=1S/C20H19N5O2S/c1-12-17(28-20(21-12)24-8-4-5-9-24)19(27)22-13-10-16-18(26)23-14-6-2-3-7-15(14)25(16)11-13/h2-9,13,16H,10-11H2,1H3,(H,22,27)(H,23,26)/t13-,16+/m0/s1. The third-order valence-electron chi connectivity index (χ3n) is 5.23. The van der Waals surface area contributed by atoms with Crippen molar-refractivity contribution in [3.05, 3.63) is 59.4 Å². The molecule has 2 atom stereocenters. The van der Waals surface area contributed by atoms with E-state index in [1.807, 2.05) is 60.3 Å². The normalized spacial score (nSPS) is 20.5. The summed E-state index contributed by atoms with van der Waals surface area (Å²) in [6, 6.07) is 11.3. The maximum absolute atomic E-state index is 12.9. The SMILES string of the molecule is Cc1nc(-n2cccc2)sc1C(=O)N[C@H]1C[C@@H]2C(=O)Nc3ccccc3N2C1. The largest absolute Gasteiger partial charge is 0.356 e. The maximum atomic E-state index is 12.9. The van der Waals surface area contributed by atoms with Crippen molar-refractivity contribution in [2.45, 2.75) is 25.4 Å². The molecule has 0 unspecified atom stereocenters. The molecular formula is C20H19N5O2S. The molecule has 1 aromatic carbocycles. The summed E-state index contributed by atoms with van der Waals surface area (Å²) < 4.78 is 1.89. The number of rotatable bonds is 3. The van der Waals surface area contributed by atoms with Crippen LogP contribution in [0.5, 0.6) is 0 Å². The summed E-state index contributed by atoms with van der Waals surface area (Å²) in [5.74, 6) is -0.147. The third-order valence-corrected chi connectivity index (χ3v) is 6.40. The molecule has 0 saturated carbocycles. The number of anilines is 2. The number of nitrogens with one attached hydrogen (secondary N) is 2. The number of carbonyl (C=O) groups excluding carboxylic acids is 2. The second-order valence-corrected chi connectivity index (χ2v) is 8.06. The van der Waals surface area contributed by atoms with Gasteiger partial charge in [0.1, 0.15) is 10.9 Å². The zero-order chi connectivity index (χ0) is 19.3. The molecule has 2 amide bonds. The molecule has 142 valence electrons. The van der Waals surface area contributed by atoms with Gasteiger partial charge in [-0.25, -0.2) is 4.98 Å². The van der Waals surface area contributed by atoms with Gasteiger partial charge in [0, 0.05) is 25.0 Å². The van der Waals surface area contributed by atoms with E-state index in [2.05, 4.69) is 20.5 Å². The van der Waals surface area contributed by atoms with Gasteiger partial charge in [-0.2, -0.15) is 0 Å². The fourth-order valence-corrected chi connectivity index (χ4v) is 4.85. The van der Waals surface area contributed by atoms with E-state index >= 15 is 0 Å². The molecule has 4 heterocycles. The molecule has 0 spiro atoms. The minimum Gasteiger partial charge on any atom is -0.356 e. The van der Waals surface area contributed by atoms with Gasteiger partial charge in [0.2, 0.25) is 5.91 Å². The van der Waals surface area contributed by atoms with Gasteiger partial charge in [0.15, 0.2) is 5.13 Å². The third kappa shape index (κ3) is 2.77. The average molecular weight is 393 g/mol. The Kier molecular flexibility index (Phi) is 3.94. The minimum absolute atomic E-state index is 0.0145. The van der Waals surface area contributed by atoms with Crippen LogP contribution in [0.1, 0.15) is 21.8 Å². The van der Waals surface area contributed by atoms with Crippen LogP contribution in [0.25, 0.3) is 5.13 Å². The van der Waals surface area contributed by atoms with E-state index in [1.54, 1.807) is 0 Å². The van der Waals surface area contributed by atoms with Crippen LogP contribution in [0.2, 0.25) is 0 Å². The van der Waals surface area contributed by atoms with Gasteiger partial charge in [-0.05, 0) is 37.6 Å². The number of nitrogens with zero attached hydrogens (tertiary/aromatic N) is 3. The topological polar surface area (TPSA) is 79.3 Å². The van der Waals surface area contributed by atoms with Crippen molar-refractivity contribution < 1.29 is 9.59 Å². The van der Waals surface area contributed by atoms with Crippen molar-refractivity contribution in [1.29, 1.82) is 0 Å². The molecule has 0 bridgehead atoms. The molecule has 0 radical (unpaired) electrons. The van der Waals surface area contributed by atoms with Gasteiger partial charge in [-0.1, -0.05) is 23.5 Å². The summed E-state index contributed by atoms with van der Waals surface area (Å²) in [6.45, 7) is 2.46. The molecule has 2 aromatic heterocycles. The Morgan fingerprint density at radius 3 is 2.86 bits per heavy atom. The van der Waals surface area contributed by atoms with Gasteiger partial charge in [-0.3, -0.25) is 9.59 Å². The van der Waals surface area contributed by atoms with E-state index in [9.17, 15) is 9.59 Å². The van der Waals surface area contributed by atoms with E-state index in [0.29, 0.717) is 23.5 Å². The smallest absolute Gasteiger partial charge is 0.263 e. The summed E-state index contributed by atoms with van der Waals surface area (Å²) in [4.78, 5) is 32.5. The zero-order valence-electron chi connectivity index (χ0n) is 15.3. The molecule has 3 aromatic rings. The van der Waals surface area contributed by atoms with Crippen molar-refractivity contribution in [2.75, 3.05) is 16.8 Å². The highest BCUT2D eigenvalue weighted by atomic mass is 32.1. The van der Waals surface area contributed by atoms with Gasteiger partial charge < -0.3 is 20.1 Å². The molecule has 2 aliphatic rings. The maximum Gasteiger partial charge on any atom is 0.263 e. The quantitative estimate of drug-likeness (QED) is 0.717. The fourth-order valence-electron chi connectivity index (χ4n) is 3.92. The lowest BCUT2D eigenvalue weighted by molar-refractivity contribution is -0.117. The van der Waals surface area contributed by atoms with Crippen LogP contribution < -0.4 is 15.5 Å². The average Bonchev–Trinajstić information content (AvgIpc) is 3.41. The summed E-state index contributed by atoms with van der Waals surface area (Å²) >= 11 is 1.37. The molecular weight excluding hydrogens is 374 g/mol. The first-order valence-electron chi connectivity index (χ1n) is 9.18. The molecule has 0 aliphatic carbocycles. The van der Waals surface area contributed by atoms with Crippen LogP contribution in [0.15, 0.2) is 48.8 Å². The molecule has 5 rings (SSSR count). The number of hydrogen-bond donors (Lipinski definition) is 2. The number of fused-ring (bicyclic) bond motifs is 3. The number of benzene rings is 1. The van der Waals surface area contributed by atoms with Gasteiger partial charge in [0.05, 0.1) is 17.1 Å². The molecule has 28 heavy (non-hydrogen) atoms. The number of aryl methyl sites for hydroxylation is 1. The Labute approximate surface area is 166 Å². The van der Waals surface area contributed by atoms with E-state index in [0.717, 1.165) is 16.5 Å². The predicted octanol–water partition coefficient (Wildman–Crippen LogP) is 2.57. The Hall–Kier alpha value is -3.13. The molecule has 2 N–H and O–H groups in total. The van der Waals surface area contributed by atoms with Crippen molar-refractivity contribution >= 4 is 34.5 Å². The highest BCUT2D eigenvalue weighted by molar-refractivity contribution is 7.16. The number of amides is 2. The Morgan fingerprint density at radius 2 is 2.04 bits per heavy atom. The first kappa shape index (κ1) is 17.0. The summed E-state index contributed by atoms with van der Waals surface area (Å²) in [5.41, 5.74) is 2.54. The first-order chi connectivity index (χ1) is 13.6. The van der Waals surface area contributed by atoms with Gasteiger partial charge in [-0.15, -0.1) is 0 Å². The van der Waals surface area contributed by atoms with Gasteiger partial charge in [0.25, 0.3) is 5.91 Å². The number of thiazole rings is 1. The number of aromatic nitrogens is 2. The Balaban J connectivity index is 1.34. The molecule has 7 nitrogen and oxygen atoms in total. The van der Waals surface area contributed by atoms with E-state index in [1.165, 1.54) is 11.3 Å². The number of carbonyl (C=O) groups is 2. The van der Waals surface area contributed by atoms with E-state index in [-0.39, 0.29) is 23.9 Å². The van der Waals surface area contributed by atoms with Crippen LogP contribution in [0.4, 0.5) is 11.4 Å². The number of hydrogen-bond acceptors (Lipinski definition) is 5. The first-order valence-corrected chi connectivity index (χ1v) is 10.00. The molecule has 1 saturated heterocycles. The molecule has 8 heteroatoms. The lowest BCUT2D eigenvalue weighted by atomic mass is 10.1. The van der Waals surface area contributed by atoms with Crippen LogP contribution in [-0.2, 0) is 4.79 Å². The van der Waals surface area contributed by atoms with Crippen LogP contribution in [0, 0.1) is 6.92 Å². The number of para-hydroxylation sites is 2. The van der Waals surface area contributed by atoms with E-state index in [4.69, 9.17) is 0 Å². The monoisotopic (exact) mass is 393 g/mol. The van der Waals surface area contributed by atoms with E-state index < -0.39 is 0 Å². The summed E-state index contributed by atoms with van der Waals surface area (Å²) in [7, 11) is 0. The van der Waals surface area contributed by atoms with Crippen molar-refractivity contribution in [2.24, 2.45) is 0 Å². The summed E-state index contributed by atoms with van der Waals surface area (Å²) in [6.07, 6.45) is 4.41.